The first-order valence-electron chi connectivity index (χ1n) is 10.7. The van der Waals surface area contributed by atoms with Crippen LogP contribution in [0.25, 0.3) is 6.08 Å². The van der Waals surface area contributed by atoms with Crippen molar-refractivity contribution in [3.63, 3.8) is 0 Å². The highest BCUT2D eigenvalue weighted by Crippen LogP contribution is 2.47. The van der Waals surface area contributed by atoms with E-state index in [1.165, 1.54) is 36.3 Å². The van der Waals surface area contributed by atoms with E-state index in [9.17, 15) is 27.6 Å². The van der Waals surface area contributed by atoms with Gasteiger partial charge >= 0.3 is 12.1 Å². The molecule has 2 aromatic rings. The van der Waals surface area contributed by atoms with Crippen molar-refractivity contribution >= 4 is 29.5 Å². The van der Waals surface area contributed by atoms with Crippen molar-refractivity contribution < 1.29 is 32.3 Å². The zero-order chi connectivity index (χ0) is 24.7. The fourth-order valence-corrected chi connectivity index (χ4v) is 4.76. The molecule has 0 unspecified atom stereocenters. The molecule has 2 aliphatic rings. The van der Waals surface area contributed by atoms with Crippen molar-refractivity contribution in [2.24, 2.45) is 0 Å². The van der Waals surface area contributed by atoms with E-state index >= 15 is 0 Å². The van der Waals surface area contributed by atoms with Gasteiger partial charge in [-0.15, -0.1) is 0 Å². The Labute approximate surface area is 194 Å². The first-order chi connectivity index (χ1) is 16.1. The monoisotopic (exact) mass is 472 g/mol. The van der Waals surface area contributed by atoms with Crippen molar-refractivity contribution in [1.29, 1.82) is 0 Å². The summed E-state index contributed by atoms with van der Waals surface area (Å²) in [6.07, 6.45) is -1.54. The first-order valence-corrected chi connectivity index (χ1v) is 10.7. The molecule has 1 spiro atoms. The van der Waals surface area contributed by atoms with Gasteiger partial charge in [-0.05, 0) is 54.3 Å². The van der Waals surface area contributed by atoms with Crippen molar-refractivity contribution in [1.82, 2.24) is 4.90 Å². The number of likely N-dealkylation sites (tertiary alicyclic amines) is 1. The van der Waals surface area contributed by atoms with Crippen molar-refractivity contribution in [2.45, 2.75) is 24.4 Å². The SMILES string of the molecule is COC(=O)c1ccc2c(c1)C1(CCN(C(=O)C=Cc3ccccc3C(F)(F)F)CC1)C(=O)N2C. The molecule has 0 atom stereocenters. The van der Waals surface area contributed by atoms with Gasteiger partial charge in [0.2, 0.25) is 11.8 Å². The molecule has 1 saturated heterocycles. The molecule has 4 rings (SSSR count). The van der Waals surface area contributed by atoms with Gasteiger partial charge in [-0.25, -0.2) is 4.79 Å². The van der Waals surface area contributed by atoms with Gasteiger partial charge in [-0.2, -0.15) is 13.2 Å². The minimum Gasteiger partial charge on any atom is -0.465 e. The van der Waals surface area contributed by atoms with Gasteiger partial charge in [0.05, 0.1) is 23.7 Å². The molecule has 0 radical (unpaired) electrons. The summed E-state index contributed by atoms with van der Waals surface area (Å²) < 4.78 is 44.4. The number of hydrogen-bond acceptors (Lipinski definition) is 4. The highest BCUT2D eigenvalue weighted by molar-refractivity contribution is 6.09. The number of amides is 2. The average molecular weight is 472 g/mol. The van der Waals surface area contributed by atoms with E-state index in [1.807, 2.05) is 0 Å². The molecule has 0 N–H and O–H groups in total. The van der Waals surface area contributed by atoms with Gasteiger partial charge < -0.3 is 14.5 Å². The molecule has 178 valence electrons. The number of fused-ring (bicyclic) bond motifs is 2. The predicted molar refractivity (Wildman–Crippen MR) is 119 cm³/mol. The summed E-state index contributed by atoms with van der Waals surface area (Å²) in [4.78, 5) is 41.0. The summed E-state index contributed by atoms with van der Waals surface area (Å²) in [5, 5.41) is 0. The van der Waals surface area contributed by atoms with Crippen molar-refractivity contribution in [3.05, 3.63) is 70.8 Å². The second kappa shape index (κ2) is 8.62. The highest BCUT2D eigenvalue weighted by Gasteiger charge is 2.51. The number of piperidine rings is 1. The number of halogens is 3. The lowest BCUT2D eigenvalue weighted by molar-refractivity contribution is -0.137. The van der Waals surface area contributed by atoms with E-state index in [0.29, 0.717) is 24.1 Å². The van der Waals surface area contributed by atoms with E-state index in [0.717, 1.165) is 17.7 Å². The maximum atomic E-state index is 13.2. The summed E-state index contributed by atoms with van der Waals surface area (Å²) in [5.41, 5.74) is 0.0134. The number of carbonyl (C=O) groups is 3. The number of likely N-dealkylation sites (N-methyl/N-ethyl adjacent to an activating group) is 1. The van der Waals surface area contributed by atoms with Crippen LogP contribution < -0.4 is 4.90 Å². The van der Waals surface area contributed by atoms with Crippen LogP contribution in [-0.4, -0.2) is 49.9 Å². The van der Waals surface area contributed by atoms with E-state index in [1.54, 1.807) is 30.1 Å². The van der Waals surface area contributed by atoms with Crippen LogP contribution in [0.1, 0.15) is 39.9 Å². The molecule has 2 amide bonds. The number of anilines is 1. The van der Waals surface area contributed by atoms with Crippen molar-refractivity contribution in [2.75, 3.05) is 32.1 Å². The number of ether oxygens (including phenoxy) is 1. The number of rotatable bonds is 3. The largest absolute Gasteiger partial charge is 0.465 e. The van der Waals surface area contributed by atoms with Crippen molar-refractivity contribution in [3.8, 4) is 0 Å². The normalized spacial score (nSPS) is 17.4. The maximum Gasteiger partial charge on any atom is 0.416 e. The minimum atomic E-state index is -4.52. The fraction of sp³-hybridized carbons (Fsp3) is 0.320. The maximum absolute atomic E-state index is 13.2. The molecule has 0 bridgehead atoms. The Kier molecular flexibility index (Phi) is 5.97. The third kappa shape index (κ3) is 3.95. The smallest absolute Gasteiger partial charge is 0.416 e. The number of hydrogen-bond donors (Lipinski definition) is 0. The Bertz CT molecular complexity index is 1180. The summed E-state index contributed by atoms with van der Waals surface area (Å²) in [5.74, 6) is -1.03. The molecular formula is C25H23F3N2O4. The summed E-state index contributed by atoms with van der Waals surface area (Å²) in [6.45, 7) is 0.511. The molecule has 0 aromatic heterocycles. The number of benzene rings is 2. The van der Waals surface area contributed by atoms with Gasteiger partial charge in [0.25, 0.3) is 0 Å². The zero-order valence-corrected chi connectivity index (χ0v) is 18.7. The Morgan fingerprint density at radius 2 is 1.76 bits per heavy atom. The topological polar surface area (TPSA) is 66.9 Å². The summed E-state index contributed by atoms with van der Waals surface area (Å²) in [6, 6.07) is 10.0. The number of alkyl halides is 3. The van der Waals surface area contributed by atoms with Gasteiger partial charge in [0.1, 0.15) is 0 Å². The van der Waals surface area contributed by atoms with Crippen LogP contribution in [0.15, 0.2) is 48.5 Å². The quantitative estimate of drug-likeness (QED) is 0.500. The molecule has 2 aliphatic heterocycles. The number of methoxy groups -OCH3 is 1. The molecule has 2 heterocycles. The van der Waals surface area contributed by atoms with Gasteiger partial charge in [-0.3, -0.25) is 9.59 Å². The molecule has 6 nitrogen and oxygen atoms in total. The lowest BCUT2D eigenvalue weighted by Gasteiger charge is -2.38. The third-order valence-electron chi connectivity index (χ3n) is 6.61. The standard InChI is InChI=1S/C25H23F3N2O4/c1-29-20-9-7-17(22(32)34-2)15-19(20)24(23(29)33)11-13-30(14-12-24)21(31)10-8-16-5-3-4-6-18(16)25(26,27)28/h3-10,15H,11-14H2,1-2H3. The first kappa shape index (κ1) is 23.5. The Balaban J connectivity index is 1.53. The van der Waals surface area contributed by atoms with Gasteiger partial charge in [0.15, 0.2) is 0 Å². The number of esters is 1. The lowest BCUT2D eigenvalue weighted by Crippen LogP contribution is -2.49. The van der Waals surface area contributed by atoms with Gasteiger partial charge in [0, 0.05) is 31.9 Å². The fourth-order valence-electron chi connectivity index (χ4n) is 4.76. The molecule has 0 saturated carbocycles. The second-order valence-electron chi connectivity index (χ2n) is 8.41. The summed E-state index contributed by atoms with van der Waals surface area (Å²) >= 11 is 0. The molecule has 34 heavy (non-hydrogen) atoms. The Morgan fingerprint density at radius 3 is 2.41 bits per heavy atom. The Morgan fingerprint density at radius 1 is 1.09 bits per heavy atom. The average Bonchev–Trinajstić information content (AvgIpc) is 3.03. The van der Waals surface area contributed by atoms with Crippen LogP contribution in [0, 0.1) is 0 Å². The predicted octanol–water partition coefficient (Wildman–Crippen LogP) is 4.04. The van der Waals surface area contributed by atoms with Crippen LogP contribution >= 0.6 is 0 Å². The lowest BCUT2D eigenvalue weighted by atomic mass is 9.73. The highest BCUT2D eigenvalue weighted by atomic mass is 19.4. The Hall–Kier alpha value is -3.62. The minimum absolute atomic E-state index is 0.0892. The number of nitrogens with zero attached hydrogens (tertiary/aromatic N) is 2. The molecule has 1 fully saturated rings. The molecular weight excluding hydrogens is 449 g/mol. The summed E-state index contributed by atoms with van der Waals surface area (Å²) in [7, 11) is 2.96. The third-order valence-corrected chi connectivity index (χ3v) is 6.61. The van der Waals surface area contributed by atoms with Gasteiger partial charge in [-0.1, -0.05) is 18.2 Å². The molecule has 0 aliphatic carbocycles. The van der Waals surface area contributed by atoms with E-state index in [4.69, 9.17) is 4.74 Å². The van der Waals surface area contributed by atoms with Crippen LogP contribution in [0.5, 0.6) is 0 Å². The van der Waals surface area contributed by atoms with E-state index in [2.05, 4.69) is 0 Å². The van der Waals surface area contributed by atoms with Crippen LogP contribution in [0.3, 0.4) is 0 Å². The zero-order valence-electron chi connectivity index (χ0n) is 18.7. The number of carbonyl (C=O) groups excluding carboxylic acids is 3. The second-order valence-corrected chi connectivity index (χ2v) is 8.41. The van der Waals surface area contributed by atoms with Crippen LogP contribution in [-0.2, 0) is 25.9 Å². The molecule has 9 heteroatoms. The van der Waals surface area contributed by atoms with E-state index in [-0.39, 0.29) is 24.6 Å². The van der Waals surface area contributed by atoms with Crippen LogP contribution in [0.4, 0.5) is 18.9 Å². The molecule has 2 aromatic carbocycles. The van der Waals surface area contributed by atoms with E-state index < -0.39 is 29.0 Å². The van der Waals surface area contributed by atoms with Crippen LogP contribution in [0.2, 0.25) is 0 Å².